The summed E-state index contributed by atoms with van der Waals surface area (Å²) < 4.78 is 14.8. The van der Waals surface area contributed by atoms with E-state index in [0.717, 1.165) is 10.6 Å². The summed E-state index contributed by atoms with van der Waals surface area (Å²) >= 11 is 1.56. The lowest BCUT2D eigenvalue weighted by atomic mass is 10.1. The lowest BCUT2D eigenvalue weighted by Crippen LogP contribution is -2.37. The van der Waals surface area contributed by atoms with Gasteiger partial charge in [-0.25, -0.2) is 9.07 Å². The summed E-state index contributed by atoms with van der Waals surface area (Å²) in [6, 6.07) is 11.7. The van der Waals surface area contributed by atoms with Gasteiger partial charge in [0.1, 0.15) is 17.2 Å². The van der Waals surface area contributed by atoms with Crippen molar-refractivity contribution in [3.8, 4) is 16.3 Å². The zero-order chi connectivity index (χ0) is 18.0. The van der Waals surface area contributed by atoms with Crippen LogP contribution in [0, 0.1) is 11.7 Å². The van der Waals surface area contributed by atoms with Gasteiger partial charge in [0.25, 0.3) is 5.91 Å². The monoisotopic (exact) mass is 357 g/mol. The van der Waals surface area contributed by atoms with E-state index < -0.39 is 0 Å². The number of amides is 1. The van der Waals surface area contributed by atoms with Gasteiger partial charge in [-0.15, -0.1) is 11.3 Å². The normalized spacial score (nSPS) is 12.4. The number of aromatic nitrogens is 2. The van der Waals surface area contributed by atoms with Gasteiger partial charge in [-0.1, -0.05) is 19.9 Å². The smallest absolute Gasteiger partial charge is 0.270 e. The molecule has 6 heteroatoms. The van der Waals surface area contributed by atoms with E-state index in [1.807, 2.05) is 24.4 Å². The molecular weight excluding hydrogens is 337 g/mol. The lowest BCUT2D eigenvalue weighted by molar-refractivity contribution is 0.0922. The van der Waals surface area contributed by atoms with Gasteiger partial charge in [-0.05, 0) is 54.6 Å². The maximum atomic E-state index is 13.2. The predicted molar refractivity (Wildman–Crippen MR) is 98.6 cm³/mol. The third kappa shape index (κ3) is 3.79. The molecule has 3 aromatic rings. The van der Waals surface area contributed by atoms with Gasteiger partial charge in [-0.3, -0.25) is 4.79 Å². The van der Waals surface area contributed by atoms with E-state index in [-0.39, 0.29) is 17.8 Å². The number of carbonyl (C=O) groups excluding carboxylic acids is 1. The molecule has 25 heavy (non-hydrogen) atoms. The highest BCUT2D eigenvalue weighted by atomic mass is 32.1. The standard InChI is InChI=1S/C19H20FN3OS/c1-12(2)13(3)21-19(24)17-11-16(18-5-4-10-25-18)22-23(17)15-8-6-14(20)7-9-15/h4-13H,1-3H3,(H,21,24). The molecule has 4 nitrogen and oxygen atoms in total. The van der Waals surface area contributed by atoms with Crippen molar-refractivity contribution in [1.82, 2.24) is 15.1 Å². The molecule has 1 amide bonds. The van der Waals surface area contributed by atoms with Crippen molar-refractivity contribution in [3.05, 3.63) is 59.4 Å². The van der Waals surface area contributed by atoms with Crippen molar-refractivity contribution < 1.29 is 9.18 Å². The number of hydrogen-bond acceptors (Lipinski definition) is 3. The number of benzene rings is 1. The Morgan fingerprint density at radius 3 is 2.52 bits per heavy atom. The molecule has 1 unspecified atom stereocenters. The topological polar surface area (TPSA) is 46.9 Å². The second-order valence-electron chi connectivity index (χ2n) is 6.29. The molecule has 2 aromatic heterocycles. The Morgan fingerprint density at radius 1 is 1.20 bits per heavy atom. The number of nitrogens with one attached hydrogen (secondary N) is 1. The minimum Gasteiger partial charge on any atom is -0.348 e. The van der Waals surface area contributed by atoms with Crippen LogP contribution < -0.4 is 5.32 Å². The van der Waals surface area contributed by atoms with Crippen molar-refractivity contribution in [2.24, 2.45) is 5.92 Å². The average Bonchev–Trinajstić information content (AvgIpc) is 3.24. The van der Waals surface area contributed by atoms with Crippen LogP contribution in [0.5, 0.6) is 0 Å². The summed E-state index contributed by atoms with van der Waals surface area (Å²) in [5, 5.41) is 9.54. The first-order valence-electron chi connectivity index (χ1n) is 8.16. The van der Waals surface area contributed by atoms with Crippen molar-refractivity contribution >= 4 is 17.2 Å². The first kappa shape index (κ1) is 17.4. The van der Waals surface area contributed by atoms with E-state index >= 15 is 0 Å². The zero-order valence-corrected chi connectivity index (χ0v) is 15.2. The molecule has 3 rings (SSSR count). The van der Waals surface area contributed by atoms with Gasteiger partial charge in [0.15, 0.2) is 0 Å². The molecule has 0 fully saturated rings. The van der Waals surface area contributed by atoms with Crippen LogP contribution in [0.1, 0.15) is 31.3 Å². The molecule has 0 spiro atoms. The number of rotatable bonds is 5. The SMILES string of the molecule is CC(C)C(C)NC(=O)c1cc(-c2cccs2)nn1-c1ccc(F)cc1. The minimum atomic E-state index is -0.325. The molecule has 0 saturated heterocycles. The highest BCUT2D eigenvalue weighted by Crippen LogP contribution is 2.26. The fourth-order valence-electron chi connectivity index (χ4n) is 2.31. The summed E-state index contributed by atoms with van der Waals surface area (Å²) in [5.41, 5.74) is 1.80. The second kappa shape index (κ2) is 7.19. The molecule has 0 radical (unpaired) electrons. The Kier molecular flexibility index (Phi) is 4.99. The Morgan fingerprint density at radius 2 is 1.92 bits per heavy atom. The first-order valence-corrected chi connectivity index (χ1v) is 9.04. The fourth-order valence-corrected chi connectivity index (χ4v) is 3.00. The number of carbonyl (C=O) groups is 1. The van der Waals surface area contributed by atoms with Crippen molar-refractivity contribution in [2.45, 2.75) is 26.8 Å². The fraction of sp³-hybridized carbons (Fsp3) is 0.263. The Hall–Kier alpha value is -2.47. The lowest BCUT2D eigenvalue weighted by Gasteiger charge is -2.17. The Labute approximate surface area is 150 Å². The number of thiophene rings is 1. The molecule has 0 aliphatic heterocycles. The molecule has 2 heterocycles. The number of halogens is 1. The molecule has 1 aromatic carbocycles. The van der Waals surface area contributed by atoms with E-state index in [4.69, 9.17) is 0 Å². The largest absolute Gasteiger partial charge is 0.348 e. The average molecular weight is 357 g/mol. The third-order valence-electron chi connectivity index (χ3n) is 4.15. The van der Waals surface area contributed by atoms with Crippen LogP contribution in [0.15, 0.2) is 47.8 Å². The molecule has 0 aliphatic carbocycles. The van der Waals surface area contributed by atoms with Crippen LogP contribution >= 0.6 is 11.3 Å². The Balaban J connectivity index is 2.02. The van der Waals surface area contributed by atoms with Crippen LogP contribution in [0.4, 0.5) is 4.39 Å². The summed E-state index contributed by atoms with van der Waals surface area (Å²) in [4.78, 5) is 13.7. The van der Waals surface area contributed by atoms with Crippen molar-refractivity contribution in [3.63, 3.8) is 0 Å². The molecule has 0 saturated carbocycles. The zero-order valence-electron chi connectivity index (χ0n) is 14.4. The van der Waals surface area contributed by atoms with Gasteiger partial charge in [0.05, 0.1) is 10.6 Å². The van der Waals surface area contributed by atoms with Crippen LogP contribution in [-0.2, 0) is 0 Å². The summed E-state index contributed by atoms with van der Waals surface area (Å²) in [6.07, 6.45) is 0. The molecule has 1 atom stereocenters. The molecule has 0 aliphatic rings. The van der Waals surface area contributed by atoms with Gasteiger partial charge in [0, 0.05) is 6.04 Å². The van der Waals surface area contributed by atoms with E-state index in [1.54, 1.807) is 34.2 Å². The number of nitrogens with zero attached hydrogens (tertiary/aromatic N) is 2. The van der Waals surface area contributed by atoms with E-state index in [2.05, 4.69) is 24.3 Å². The van der Waals surface area contributed by atoms with Crippen molar-refractivity contribution in [1.29, 1.82) is 0 Å². The molecule has 1 N–H and O–H groups in total. The summed E-state index contributed by atoms with van der Waals surface area (Å²) in [6.45, 7) is 6.08. The summed E-state index contributed by atoms with van der Waals surface area (Å²) in [7, 11) is 0. The molecular formula is C19H20FN3OS. The number of hydrogen-bond donors (Lipinski definition) is 1. The molecule has 0 bridgehead atoms. The maximum absolute atomic E-state index is 13.2. The molecule has 130 valence electrons. The predicted octanol–water partition coefficient (Wildman–Crippen LogP) is 4.51. The van der Waals surface area contributed by atoms with Crippen LogP contribution in [0.3, 0.4) is 0 Å². The van der Waals surface area contributed by atoms with E-state index in [9.17, 15) is 9.18 Å². The third-order valence-corrected chi connectivity index (χ3v) is 5.04. The van der Waals surface area contributed by atoms with Crippen LogP contribution in [-0.4, -0.2) is 21.7 Å². The minimum absolute atomic E-state index is 0.0363. The highest BCUT2D eigenvalue weighted by Gasteiger charge is 2.20. The Bertz CT molecular complexity index is 853. The van der Waals surface area contributed by atoms with E-state index in [1.165, 1.54) is 12.1 Å². The van der Waals surface area contributed by atoms with Crippen molar-refractivity contribution in [2.75, 3.05) is 0 Å². The summed E-state index contributed by atoms with van der Waals surface area (Å²) in [5.74, 6) is -0.197. The van der Waals surface area contributed by atoms with Gasteiger partial charge >= 0.3 is 0 Å². The van der Waals surface area contributed by atoms with Gasteiger partial charge in [0.2, 0.25) is 0 Å². The van der Waals surface area contributed by atoms with Gasteiger partial charge < -0.3 is 5.32 Å². The second-order valence-corrected chi connectivity index (χ2v) is 7.23. The van der Waals surface area contributed by atoms with E-state index in [0.29, 0.717) is 17.3 Å². The van der Waals surface area contributed by atoms with Crippen LogP contribution in [0.25, 0.3) is 16.3 Å². The van der Waals surface area contributed by atoms with Gasteiger partial charge in [-0.2, -0.15) is 5.10 Å². The van der Waals surface area contributed by atoms with Crippen LogP contribution in [0.2, 0.25) is 0 Å². The quantitative estimate of drug-likeness (QED) is 0.730. The highest BCUT2D eigenvalue weighted by molar-refractivity contribution is 7.13. The maximum Gasteiger partial charge on any atom is 0.270 e. The first-order chi connectivity index (χ1) is 12.0.